The first-order valence-corrected chi connectivity index (χ1v) is 32.5. The fourth-order valence-electron chi connectivity index (χ4n) is 8.76. The maximum atomic E-state index is 12.8. The van der Waals surface area contributed by atoms with E-state index in [9.17, 15) is 19.0 Å². The molecule has 0 aliphatic rings. The summed E-state index contributed by atoms with van der Waals surface area (Å²) >= 11 is 0. The van der Waals surface area contributed by atoms with Gasteiger partial charge in [-0.2, -0.15) is 0 Å². The van der Waals surface area contributed by atoms with E-state index < -0.39 is 26.5 Å². The number of rotatable bonds is 57. The van der Waals surface area contributed by atoms with Gasteiger partial charge >= 0.3 is 11.9 Å². The molecule has 0 fully saturated rings. The van der Waals surface area contributed by atoms with E-state index in [1.807, 2.05) is 21.1 Å². The molecule has 0 saturated heterocycles. The predicted molar refractivity (Wildman–Crippen MR) is 314 cm³/mol. The minimum Gasteiger partial charge on any atom is -0.756 e. The van der Waals surface area contributed by atoms with Gasteiger partial charge in [-0.25, -0.2) is 0 Å². The summed E-state index contributed by atoms with van der Waals surface area (Å²) < 4.78 is 34.2. The molecule has 0 radical (unpaired) electrons. The summed E-state index contributed by atoms with van der Waals surface area (Å²) in [6, 6.07) is 0. The molecule has 74 heavy (non-hydrogen) atoms. The molecule has 0 aromatic rings. The number of ether oxygens (including phenoxy) is 2. The highest BCUT2D eigenvalue weighted by Crippen LogP contribution is 2.38. The first-order valence-electron chi connectivity index (χ1n) is 31.0. The maximum Gasteiger partial charge on any atom is 0.306 e. The lowest BCUT2D eigenvalue weighted by molar-refractivity contribution is -0.870. The van der Waals surface area contributed by atoms with Gasteiger partial charge in [-0.15, -0.1) is 0 Å². The van der Waals surface area contributed by atoms with Gasteiger partial charge in [0.2, 0.25) is 0 Å². The van der Waals surface area contributed by atoms with E-state index in [-0.39, 0.29) is 32.0 Å². The van der Waals surface area contributed by atoms with Gasteiger partial charge in [-0.3, -0.25) is 14.2 Å². The van der Waals surface area contributed by atoms with Crippen molar-refractivity contribution in [2.75, 3.05) is 47.5 Å². The number of carbonyl (C=O) groups excluding carboxylic acids is 2. The van der Waals surface area contributed by atoms with Crippen molar-refractivity contribution in [3.63, 3.8) is 0 Å². The van der Waals surface area contributed by atoms with E-state index in [1.54, 1.807) is 0 Å². The monoisotopic (exact) mass is 1060 g/mol. The van der Waals surface area contributed by atoms with E-state index in [1.165, 1.54) is 186 Å². The molecule has 9 nitrogen and oxygen atoms in total. The van der Waals surface area contributed by atoms with Crippen molar-refractivity contribution < 1.29 is 42.1 Å². The van der Waals surface area contributed by atoms with Crippen molar-refractivity contribution in [3.05, 3.63) is 60.8 Å². The standard InChI is InChI=1S/C64H118NO8P/c1-6-8-10-12-14-16-18-20-22-24-26-28-29-30-31-32-33-34-35-37-39-41-43-45-47-49-51-53-55-57-64(67)73-62(61-72-74(68,69)71-59-58-65(3,4)5)60-70-63(66)56-54-52-50-48-46-44-42-40-38-36-27-25-23-21-19-17-15-13-11-9-7-2/h8,10,14,16,20,22,25-28,62H,6-7,9,11-13,15,17-19,21,23-24,29-61H2,1-5H3/b10-8-,16-14-,22-20-,27-25-,28-26-. The predicted octanol–water partition coefficient (Wildman–Crippen LogP) is 18.9. The van der Waals surface area contributed by atoms with Gasteiger partial charge in [0.1, 0.15) is 19.8 Å². The van der Waals surface area contributed by atoms with E-state index in [2.05, 4.69) is 74.6 Å². The highest BCUT2D eigenvalue weighted by Gasteiger charge is 2.22. The lowest BCUT2D eigenvalue weighted by Crippen LogP contribution is -2.37. The van der Waals surface area contributed by atoms with Crippen LogP contribution in [0.5, 0.6) is 0 Å². The Kier molecular flexibility index (Phi) is 53.7. The molecule has 0 rings (SSSR count). The van der Waals surface area contributed by atoms with Crippen molar-refractivity contribution in [2.45, 2.75) is 290 Å². The number of carbonyl (C=O) groups is 2. The molecule has 2 unspecified atom stereocenters. The molecule has 0 heterocycles. The molecule has 0 spiro atoms. The zero-order valence-corrected chi connectivity index (χ0v) is 49.9. The van der Waals surface area contributed by atoms with Crippen LogP contribution in [-0.4, -0.2) is 70.0 Å². The van der Waals surface area contributed by atoms with Crippen LogP contribution in [0.4, 0.5) is 0 Å². The van der Waals surface area contributed by atoms with Crippen molar-refractivity contribution in [1.82, 2.24) is 0 Å². The Hall–Kier alpha value is -2.29. The summed E-state index contributed by atoms with van der Waals surface area (Å²) in [4.78, 5) is 37.9. The van der Waals surface area contributed by atoms with E-state index in [4.69, 9.17) is 18.5 Å². The number of hydrogen-bond acceptors (Lipinski definition) is 8. The Morgan fingerprint density at radius 2 is 0.770 bits per heavy atom. The van der Waals surface area contributed by atoms with Crippen molar-refractivity contribution >= 4 is 19.8 Å². The molecule has 0 aliphatic carbocycles. The van der Waals surface area contributed by atoms with E-state index in [0.29, 0.717) is 17.4 Å². The Morgan fingerprint density at radius 3 is 1.16 bits per heavy atom. The summed E-state index contributed by atoms with van der Waals surface area (Å²) in [6.07, 6.45) is 71.3. The molecule has 0 aromatic heterocycles. The number of likely N-dealkylation sites (N-methyl/N-ethyl adjacent to an activating group) is 1. The number of quaternary nitrogens is 1. The number of esters is 2. The summed E-state index contributed by atoms with van der Waals surface area (Å²) in [6.45, 7) is 4.16. The zero-order valence-electron chi connectivity index (χ0n) is 49.0. The average molecular weight is 1060 g/mol. The number of phosphoric acid groups is 1. The molecule has 2 atom stereocenters. The van der Waals surface area contributed by atoms with Crippen LogP contribution in [0.3, 0.4) is 0 Å². The normalized spacial score (nSPS) is 13.6. The van der Waals surface area contributed by atoms with E-state index >= 15 is 0 Å². The lowest BCUT2D eigenvalue weighted by Gasteiger charge is -2.28. The molecular weight excluding hydrogens is 942 g/mol. The van der Waals surface area contributed by atoms with Gasteiger partial charge in [0.15, 0.2) is 6.10 Å². The van der Waals surface area contributed by atoms with Crippen LogP contribution in [-0.2, 0) is 32.7 Å². The zero-order chi connectivity index (χ0) is 54.2. The molecule has 0 aliphatic heterocycles. The number of unbranched alkanes of at least 4 members (excludes halogenated alkanes) is 33. The SMILES string of the molecule is CC/C=C\C/C=C\C/C=C\C/C=C\CCCCCCCCCCCCCCCCCCC(=O)OC(COC(=O)CCCCCCCCCCC/C=C\CCCCCCCCCC)COP(=O)([O-])OCC[N+](C)(C)C. The van der Waals surface area contributed by atoms with Gasteiger partial charge in [-0.05, 0) is 77.0 Å². The highest BCUT2D eigenvalue weighted by molar-refractivity contribution is 7.45. The van der Waals surface area contributed by atoms with Crippen LogP contribution in [0.1, 0.15) is 284 Å². The fourth-order valence-corrected chi connectivity index (χ4v) is 9.49. The molecular formula is C64H118NO8P. The van der Waals surface area contributed by atoms with Gasteiger partial charge in [-0.1, -0.05) is 254 Å². The van der Waals surface area contributed by atoms with Crippen LogP contribution in [0.25, 0.3) is 0 Å². The van der Waals surface area contributed by atoms with Crippen LogP contribution in [0.2, 0.25) is 0 Å². The molecule has 0 aromatic carbocycles. The summed E-state index contributed by atoms with van der Waals surface area (Å²) in [5, 5.41) is 0. The number of nitrogens with zero attached hydrogens (tertiary/aromatic N) is 1. The number of phosphoric ester groups is 1. The lowest BCUT2D eigenvalue weighted by atomic mass is 10.0. The largest absolute Gasteiger partial charge is 0.756 e. The first-order chi connectivity index (χ1) is 36.0. The molecule has 0 N–H and O–H groups in total. The Bertz CT molecular complexity index is 1430. The topological polar surface area (TPSA) is 111 Å². The van der Waals surface area contributed by atoms with Crippen molar-refractivity contribution in [3.8, 4) is 0 Å². The third-order valence-electron chi connectivity index (χ3n) is 13.5. The van der Waals surface area contributed by atoms with Crippen molar-refractivity contribution in [2.24, 2.45) is 0 Å². The molecule has 0 saturated carbocycles. The highest BCUT2D eigenvalue weighted by atomic mass is 31.2. The van der Waals surface area contributed by atoms with Crippen LogP contribution >= 0.6 is 7.82 Å². The maximum absolute atomic E-state index is 12.8. The summed E-state index contributed by atoms with van der Waals surface area (Å²) in [5.41, 5.74) is 0. The quantitative estimate of drug-likeness (QED) is 0.0195. The summed E-state index contributed by atoms with van der Waals surface area (Å²) in [5.74, 6) is -0.825. The minimum atomic E-state index is -4.64. The van der Waals surface area contributed by atoms with Crippen LogP contribution < -0.4 is 4.89 Å². The third-order valence-corrected chi connectivity index (χ3v) is 14.5. The number of hydrogen-bond donors (Lipinski definition) is 0. The second-order valence-electron chi connectivity index (χ2n) is 22.0. The molecule has 0 bridgehead atoms. The smallest absolute Gasteiger partial charge is 0.306 e. The first kappa shape index (κ1) is 71.7. The van der Waals surface area contributed by atoms with Gasteiger partial charge in [0.05, 0.1) is 27.7 Å². The molecule has 10 heteroatoms. The molecule has 432 valence electrons. The minimum absolute atomic E-state index is 0.0311. The van der Waals surface area contributed by atoms with Gasteiger partial charge < -0.3 is 27.9 Å². The third kappa shape index (κ3) is 59.0. The van der Waals surface area contributed by atoms with E-state index in [0.717, 1.165) is 64.2 Å². The second kappa shape index (κ2) is 55.5. The Morgan fingerprint density at radius 1 is 0.432 bits per heavy atom. The van der Waals surface area contributed by atoms with Crippen LogP contribution in [0, 0.1) is 0 Å². The Labute approximate surface area is 457 Å². The van der Waals surface area contributed by atoms with Crippen molar-refractivity contribution in [1.29, 1.82) is 0 Å². The fraction of sp³-hybridized carbons (Fsp3) is 0.812. The van der Waals surface area contributed by atoms with Crippen LogP contribution in [0.15, 0.2) is 60.8 Å². The molecule has 0 amide bonds. The van der Waals surface area contributed by atoms with Gasteiger partial charge in [0.25, 0.3) is 7.82 Å². The second-order valence-corrected chi connectivity index (χ2v) is 23.4. The van der Waals surface area contributed by atoms with Gasteiger partial charge in [0, 0.05) is 12.8 Å². The summed E-state index contributed by atoms with van der Waals surface area (Å²) in [7, 11) is 1.17. The average Bonchev–Trinajstić information content (AvgIpc) is 3.36. The number of allylic oxidation sites excluding steroid dienone is 10. The Balaban J connectivity index is 4.09.